The lowest BCUT2D eigenvalue weighted by Gasteiger charge is -2.19. The number of aliphatic hydroxyl groups is 1. The van der Waals surface area contributed by atoms with Crippen molar-refractivity contribution in [2.45, 2.75) is 39.4 Å². The minimum Gasteiger partial charge on any atom is -0.392 e. The molecule has 0 aliphatic heterocycles. The van der Waals surface area contributed by atoms with Gasteiger partial charge >= 0.3 is 0 Å². The van der Waals surface area contributed by atoms with Crippen LogP contribution in [0.5, 0.6) is 0 Å². The molecule has 0 radical (unpaired) electrons. The first kappa shape index (κ1) is 9.88. The van der Waals surface area contributed by atoms with Crippen LogP contribution in [0.4, 0.5) is 0 Å². The fraction of sp³-hybridized carbons (Fsp3) is 1.00. The van der Waals surface area contributed by atoms with E-state index in [-0.39, 0.29) is 11.7 Å². The molecule has 3 nitrogen and oxygen atoms in total. The molecule has 0 aromatic heterocycles. The Balaban J connectivity index is 3.21. The second-order valence-corrected chi connectivity index (χ2v) is 3.41. The molecule has 0 saturated heterocycles. The van der Waals surface area contributed by atoms with Gasteiger partial charge in [-0.25, -0.2) is 0 Å². The van der Waals surface area contributed by atoms with Crippen LogP contribution >= 0.6 is 0 Å². The molecule has 0 amide bonds. The van der Waals surface area contributed by atoms with Crippen molar-refractivity contribution in [3.8, 4) is 0 Å². The third kappa shape index (κ3) is 7.88. The smallest absolute Gasteiger partial charge is 0.0812 e. The van der Waals surface area contributed by atoms with Crippen LogP contribution in [-0.4, -0.2) is 23.4 Å². The van der Waals surface area contributed by atoms with E-state index in [1.807, 2.05) is 20.8 Å². The lowest BCUT2D eigenvalue weighted by atomic mass is 10.2. The SMILES string of the molecule is C[C@H](O)CNOC(C)(C)C. The second kappa shape index (κ2) is 3.91. The van der Waals surface area contributed by atoms with Crippen LogP contribution in [0.25, 0.3) is 0 Å². The van der Waals surface area contributed by atoms with E-state index in [1.54, 1.807) is 6.92 Å². The molecule has 2 N–H and O–H groups in total. The van der Waals surface area contributed by atoms with Crippen LogP contribution in [0.1, 0.15) is 27.7 Å². The fourth-order valence-electron chi connectivity index (χ4n) is 0.379. The number of hydrogen-bond acceptors (Lipinski definition) is 3. The molecule has 0 aliphatic carbocycles. The monoisotopic (exact) mass is 147 g/mol. The van der Waals surface area contributed by atoms with Gasteiger partial charge < -0.3 is 5.11 Å². The molecule has 0 rings (SSSR count). The zero-order valence-corrected chi connectivity index (χ0v) is 7.14. The number of hydroxylamine groups is 1. The maximum atomic E-state index is 8.81. The Morgan fingerprint density at radius 1 is 1.50 bits per heavy atom. The summed E-state index contributed by atoms with van der Waals surface area (Å²) in [7, 11) is 0. The van der Waals surface area contributed by atoms with Gasteiger partial charge in [-0.3, -0.25) is 4.84 Å². The molecule has 1 atom stereocenters. The maximum absolute atomic E-state index is 8.81. The molecule has 0 heterocycles. The summed E-state index contributed by atoms with van der Waals surface area (Å²) in [5.41, 5.74) is 2.49. The lowest BCUT2D eigenvalue weighted by Crippen LogP contribution is -2.33. The predicted octanol–water partition coefficient (Wildman–Crippen LogP) is 0.687. The van der Waals surface area contributed by atoms with Crippen molar-refractivity contribution in [3.05, 3.63) is 0 Å². The third-order valence-corrected chi connectivity index (χ3v) is 0.757. The highest BCUT2D eigenvalue weighted by Gasteiger charge is 2.09. The average Bonchev–Trinajstić information content (AvgIpc) is 1.59. The molecule has 0 bridgehead atoms. The molecular weight excluding hydrogens is 130 g/mol. The molecule has 0 saturated carbocycles. The molecule has 10 heavy (non-hydrogen) atoms. The Labute approximate surface area is 62.3 Å². The second-order valence-electron chi connectivity index (χ2n) is 3.41. The summed E-state index contributed by atoms with van der Waals surface area (Å²) in [6, 6.07) is 0. The first-order valence-corrected chi connectivity index (χ1v) is 3.51. The largest absolute Gasteiger partial charge is 0.392 e. The van der Waals surface area contributed by atoms with Gasteiger partial charge in [0.05, 0.1) is 11.7 Å². The van der Waals surface area contributed by atoms with Crippen LogP contribution < -0.4 is 5.48 Å². The van der Waals surface area contributed by atoms with Gasteiger partial charge in [-0.1, -0.05) is 0 Å². The van der Waals surface area contributed by atoms with Crippen molar-refractivity contribution in [1.82, 2.24) is 5.48 Å². The first-order valence-electron chi connectivity index (χ1n) is 3.51. The molecule has 0 fully saturated rings. The topological polar surface area (TPSA) is 41.5 Å². The Bertz CT molecular complexity index is 86.1. The minimum atomic E-state index is -0.359. The van der Waals surface area contributed by atoms with Crippen LogP contribution in [0, 0.1) is 0 Å². The van der Waals surface area contributed by atoms with Crippen molar-refractivity contribution in [2.75, 3.05) is 6.54 Å². The Hall–Kier alpha value is -0.120. The zero-order chi connectivity index (χ0) is 8.20. The molecule has 0 aliphatic rings. The quantitative estimate of drug-likeness (QED) is 0.577. The van der Waals surface area contributed by atoms with Crippen molar-refractivity contribution < 1.29 is 9.94 Å². The highest BCUT2D eigenvalue weighted by atomic mass is 16.7. The summed E-state index contributed by atoms with van der Waals surface area (Å²) >= 11 is 0. The molecule has 62 valence electrons. The average molecular weight is 147 g/mol. The molecule has 3 heteroatoms. The van der Waals surface area contributed by atoms with Gasteiger partial charge in [0.2, 0.25) is 0 Å². The zero-order valence-electron chi connectivity index (χ0n) is 7.14. The van der Waals surface area contributed by atoms with E-state index in [0.717, 1.165) is 0 Å². The molecule has 0 aromatic rings. The third-order valence-electron chi connectivity index (χ3n) is 0.757. The Kier molecular flexibility index (Phi) is 3.86. The Morgan fingerprint density at radius 2 is 2.00 bits per heavy atom. The van der Waals surface area contributed by atoms with Gasteiger partial charge in [-0.05, 0) is 27.7 Å². The summed E-state index contributed by atoms with van der Waals surface area (Å²) < 4.78 is 0. The van der Waals surface area contributed by atoms with Gasteiger partial charge in [-0.2, -0.15) is 5.48 Å². The minimum absolute atomic E-state index is 0.186. The molecule has 0 spiro atoms. The molecule has 0 unspecified atom stereocenters. The van der Waals surface area contributed by atoms with Gasteiger partial charge in [0, 0.05) is 6.54 Å². The van der Waals surface area contributed by atoms with Crippen LogP contribution in [0.15, 0.2) is 0 Å². The fourth-order valence-corrected chi connectivity index (χ4v) is 0.379. The van der Waals surface area contributed by atoms with Crippen molar-refractivity contribution in [3.63, 3.8) is 0 Å². The first-order chi connectivity index (χ1) is 4.42. The van der Waals surface area contributed by atoms with Crippen LogP contribution in [-0.2, 0) is 4.84 Å². The summed E-state index contributed by atoms with van der Waals surface area (Å²) in [5.74, 6) is 0. The van der Waals surface area contributed by atoms with E-state index in [1.165, 1.54) is 0 Å². The van der Waals surface area contributed by atoms with E-state index in [4.69, 9.17) is 9.94 Å². The van der Waals surface area contributed by atoms with Gasteiger partial charge in [0.15, 0.2) is 0 Å². The highest BCUT2D eigenvalue weighted by Crippen LogP contribution is 2.02. The van der Waals surface area contributed by atoms with E-state index in [0.29, 0.717) is 6.54 Å². The summed E-state index contributed by atoms with van der Waals surface area (Å²) in [6.07, 6.45) is -0.359. The van der Waals surface area contributed by atoms with Crippen molar-refractivity contribution in [2.24, 2.45) is 0 Å². The van der Waals surface area contributed by atoms with Gasteiger partial charge in [0.25, 0.3) is 0 Å². The number of hydrogen-bond donors (Lipinski definition) is 2. The van der Waals surface area contributed by atoms with E-state index in [9.17, 15) is 0 Å². The van der Waals surface area contributed by atoms with Gasteiger partial charge in [0.1, 0.15) is 0 Å². The number of nitrogens with one attached hydrogen (secondary N) is 1. The lowest BCUT2D eigenvalue weighted by molar-refractivity contribution is -0.0817. The predicted molar refractivity (Wildman–Crippen MR) is 40.5 cm³/mol. The van der Waals surface area contributed by atoms with Crippen LogP contribution in [0.2, 0.25) is 0 Å². The maximum Gasteiger partial charge on any atom is 0.0812 e. The standard InChI is InChI=1S/C7H17NO2/c1-6(9)5-8-10-7(2,3)4/h6,8-9H,5H2,1-4H3/t6-/m0/s1. The highest BCUT2D eigenvalue weighted by molar-refractivity contribution is 4.57. The van der Waals surface area contributed by atoms with E-state index >= 15 is 0 Å². The summed E-state index contributed by atoms with van der Waals surface area (Å²) in [6.45, 7) is 8.02. The Morgan fingerprint density at radius 3 is 2.30 bits per heavy atom. The van der Waals surface area contributed by atoms with Gasteiger partial charge in [-0.15, -0.1) is 0 Å². The van der Waals surface area contributed by atoms with Crippen molar-refractivity contribution >= 4 is 0 Å². The molecular formula is C7H17NO2. The van der Waals surface area contributed by atoms with E-state index < -0.39 is 0 Å². The van der Waals surface area contributed by atoms with E-state index in [2.05, 4.69) is 5.48 Å². The van der Waals surface area contributed by atoms with Crippen molar-refractivity contribution in [1.29, 1.82) is 0 Å². The van der Waals surface area contributed by atoms with Crippen LogP contribution in [0.3, 0.4) is 0 Å². The summed E-state index contributed by atoms with van der Waals surface area (Å²) in [5, 5.41) is 8.81. The number of rotatable bonds is 3. The normalized spacial score (nSPS) is 15.3. The number of aliphatic hydroxyl groups excluding tert-OH is 1. The summed E-state index contributed by atoms with van der Waals surface area (Å²) in [4.78, 5) is 5.13. The molecule has 0 aromatic carbocycles.